The Morgan fingerprint density at radius 3 is 2.86 bits per heavy atom. The van der Waals surface area contributed by atoms with Crippen LogP contribution in [0.5, 0.6) is 0 Å². The molecule has 2 rings (SSSR count). The minimum Gasteiger partial charge on any atom is -0.309 e. The van der Waals surface area contributed by atoms with Gasteiger partial charge in [0.1, 0.15) is 5.82 Å². The maximum atomic E-state index is 13.0. The average Bonchev–Trinajstić information content (AvgIpc) is 2.69. The fourth-order valence-corrected chi connectivity index (χ4v) is 2.83. The number of halogens is 1. The van der Waals surface area contributed by atoms with Crippen LogP contribution in [0.1, 0.15) is 31.5 Å². The van der Waals surface area contributed by atoms with E-state index in [9.17, 15) is 4.39 Å². The third kappa shape index (κ3) is 5.34. The maximum absolute atomic E-state index is 13.0. The minimum absolute atomic E-state index is 0.205. The molecule has 0 amide bonds. The zero-order valence-corrected chi connectivity index (χ0v) is 13.2. The van der Waals surface area contributed by atoms with Gasteiger partial charge < -0.3 is 15.1 Å². The topological polar surface area (TPSA) is 31.4 Å². The van der Waals surface area contributed by atoms with Crippen LogP contribution >= 0.6 is 0 Å². The first-order chi connectivity index (χ1) is 10.2. The number of hydrogen-bond donors (Lipinski definition) is 1. The summed E-state index contributed by atoms with van der Waals surface area (Å²) in [6.45, 7) is 8.67. The Labute approximate surface area is 127 Å². The lowest BCUT2D eigenvalue weighted by molar-refractivity contribution is 0.260. The first-order valence-electron chi connectivity index (χ1n) is 7.94. The molecule has 1 aliphatic rings. The molecule has 1 atom stereocenters. The maximum Gasteiger partial charge on any atom is 0.141 e. The summed E-state index contributed by atoms with van der Waals surface area (Å²) >= 11 is 0. The molecule has 1 saturated heterocycles. The smallest absolute Gasteiger partial charge is 0.141 e. The van der Waals surface area contributed by atoms with Crippen molar-refractivity contribution in [3.8, 4) is 0 Å². The molecule has 1 fully saturated rings. The molecule has 0 aliphatic carbocycles. The van der Waals surface area contributed by atoms with Gasteiger partial charge in [-0.3, -0.25) is 4.98 Å². The van der Waals surface area contributed by atoms with Gasteiger partial charge in [-0.05, 0) is 51.7 Å². The van der Waals surface area contributed by atoms with Gasteiger partial charge in [-0.2, -0.15) is 0 Å². The molecule has 2 heterocycles. The van der Waals surface area contributed by atoms with Crippen molar-refractivity contribution in [2.24, 2.45) is 0 Å². The molecule has 1 aromatic heterocycles. The van der Waals surface area contributed by atoms with Crippen molar-refractivity contribution in [1.82, 2.24) is 20.1 Å². The van der Waals surface area contributed by atoms with Gasteiger partial charge in [-0.15, -0.1) is 0 Å². The predicted molar refractivity (Wildman–Crippen MR) is 83.8 cm³/mol. The molecular weight excluding hydrogens is 267 g/mol. The van der Waals surface area contributed by atoms with Gasteiger partial charge in [0.25, 0.3) is 0 Å². The van der Waals surface area contributed by atoms with Gasteiger partial charge in [-0.25, -0.2) is 4.39 Å². The number of nitrogens with one attached hydrogen (secondary N) is 1. The third-order valence-corrected chi connectivity index (χ3v) is 4.10. The van der Waals surface area contributed by atoms with Crippen molar-refractivity contribution in [2.75, 3.05) is 46.3 Å². The second kappa shape index (κ2) is 8.41. The Bertz CT molecular complexity index is 409. The average molecular weight is 294 g/mol. The molecule has 1 aromatic rings. The van der Waals surface area contributed by atoms with E-state index in [0.717, 1.165) is 38.3 Å². The van der Waals surface area contributed by atoms with Crippen LogP contribution in [0.3, 0.4) is 0 Å². The molecular formula is C16H27FN4. The Hall–Kier alpha value is -1.04. The second-order valence-corrected chi connectivity index (χ2v) is 5.80. The lowest BCUT2D eigenvalue weighted by Gasteiger charge is -2.24. The monoisotopic (exact) mass is 294 g/mol. The third-order valence-electron chi connectivity index (χ3n) is 4.10. The Kier molecular flexibility index (Phi) is 6.54. The zero-order valence-electron chi connectivity index (χ0n) is 13.2. The molecule has 1 aliphatic heterocycles. The standard InChI is InChI=1S/C16H27FN4/c1-3-18-16(15-6-5-14(17)13-19-15)7-10-21-9-4-8-20(2)11-12-21/h5-6,13,16,18H,3-4,7-12H2,1-2H3. The Morgan fingerprint density at radius 1 is 1.29 bits per heavy atom. The van der Waals surface area contributed by atoms with Crippen LogP contribution in [0.15, 0.2) is 18.3 Å². The summed E-state index contributed by atoms with van der Waals surface area (Å²) in [6, 6.07) is 3.49. The Balaban J connectivity index is 1.89. The molecule has 0 bridgehead atoms. The van der Waals surface area contributed by atoms with Crippen molar-refractivity contribution in [2.45, 2.75) is 25.8 Å². The van der Waals surface area contributed by atoms with E-state index < -0.39 is 0 Å². The number of pyridine rings is 1. The number of likely N-dealkylation sites (N-methyl/N-ethyl adjacent to an activating group) is 1. The molecule has 0 radical (unpaired) electrons. The quantitative estimate of drug-likeness (QED) is 0.868. The van der Waals surface area contributed by atoms with Crippen LogP contribution in [-0.2, 0) is 0 Å². The molecule has 118 valence electrons. The van der Waals surface area contributed by atoms with Gasteiger partial charge in [0.2, 0.25) is 0 Å². The summed E-state index contributed by atoms with van der Waals surface area (Å²) in [4.78, 5) is 9.14. The Morgan fingerprint density at radius 2 is 2.14 bits per heavy atom. The summed E-state index contributed by atoms with van der Waals surface area (Å²) in [5.41, 5.74) is 0.935. The van der Waals surface area contributed by atoms with E-state index in [4.69, 9.17) is 0 Å². The molecule has 0 aromatic carbocycles. The number of rotatable bonds is 6. The van der Waals surface area contributed by atoms with Crippen molar-refractivity contribution >= 4 is 0 Å². The highest BCUT2D eigenvalue weighted by Crippen LogP contribution is 2.16. The summed E-state index contributed by atoms with van der Waals surface area (Å²) in [6.07, 6.45) is 3.55. The molecule has 5 heteroatoms. The van der Waals surface area contributed by atoms with Gasteiger partial charge >= 0.3 is 0 Å². The van der Waals surface area contributed by atoms with Crippen molar-refractivity contribution < 1.29 is 4.39 Å². The normalized spacial score (nSPS) is 19.4. The fourth-order valence-electron chi connectivity index (χ4n) is 2.83. The first kappa shape index (κ1) is 16.3. The van der Waals surface area contributed by atoms with E-state index in [1.165, 1.54) is 31.8 Å². The van der Waals surface area contributed by atoms with Gasteiger partial charge in [0.15, 0.2) is 0 Å². The molecule has 1 unspecified atom stereocenters. The van der Waals surface area contributed by atoms with Crippen LogP contribution in [0.25, 0.3) is 0 Å². The SMILES string of the molecule is CCNC(CCN1CCCN(C)CC1)c1ccc(F)cn1. The van der Waals surface area contributed by atoms with E-state index in [1.54, 1.807) is 6.07 Å². The second-order valence-electron chi connectivity index (χ2n) is 5.80. The highest BCUT2D eigenvalue weighted by molar-refractivity contribution is 5.10. The van der Waals surface area contributed by atoms with E-state index in [0.29, 0.717) is 0 Å². The predicted octanol–water partition coefficient (Wildman–Crippen LogP) is 1.90. The van der Waals surface area contributed by atoms with Crippen molar-refractivity contribution in [3.05, 3.63) is 29.8 Å². The molecule has 4 nitrogen and oxygen atoms in total. The molecule has 0 spiro atoms. The van der Waals surface area contributed by atoms with Gasteiger partial charge in [0, 0.05) is 19.6 Å². The lowest BCUT2D eigenvalue weighted by Crippen LogP contribution is -2.32. The highest BCUT2D eigenvalue weighted by Gasteiger charge is 2.16. The van der Waals surface area contributed by atoms with Crippen molar-refractivity contribution in [1.29, 1.82) is 0 Å². The largest absolute Gasteiger partial charge is 0.309 e. The molecule has 21 heavy (non-hydrogen) atoms. The van der Waals surface area contributed by atoms with Crippen LogP contribution in [0.4, 0.5) is 4.39 Å². The van der Waals surface area contributed by atoms with Gasteiger partial charge in [-0.1, -0.05) is 6.92 Å². The number of hydrogen-bond acceptors (Lipinski definition) is 4. The van der Waals surface area contributed by atoms with Crippen LogP contribution in [0.2, 0.25) is 0 Å². The van der Waals surface area contributed by atoms with Crippen LogP contribution in [-0.4, -0.2) is 61.1 Å². The van der Waals surface area contributed by atoms with Gasteiger partial charge in [0.05, 0.1) is 17.9 Å². The minimum atomic E-state index is -0.274. The van der Waals surface area contributed by atoms with E-state index in [-0.39, 0.29) is 11.9 Å². The lowest BCUT2D eigenvalue weighted by atomic mass is 10.1. The number of aromatic nitrogens is 1. The van der Waals surface area contributed by atoms with Crippen molar-refractivity contribution in [3.63, 3.8) is 0 Å². The summed E-state index contributed by atoms with van der Waals surface area (Å²) in [5, 5.41) is 3.46. The molecule has 1 N–H and O–H groups in total. The highest BCUT2D eigenvalue weighted by atomic mass is 19.1. The summed E-state index contributed by atoms with van der Waals surface area (Å²) < 4.78 is 13.0. The first-order valence-corrected chi connectivity index (χ1v) is 7.94. The summed E-state index contributed by atoms with van der Waals surface area (Å²) in [5.74, 6) is -0.274. The molecule has 0 saturated carbocycles. The van der Waals surface area contributed by atoms with Crippen LogP contribution in [0, 0.1) is 5.82 Å². The van der Waals surface area contributed by atoms with E-state index >= 15 is 0 Å². The van der Waals surface area contributed by atoms with E-state index in [1.807, 2.05) is 0 Å². The van der Waals surface area contributed by atoms with Crippen LogP contribution < -0.4 is 5.32 Å². The fraction of sp³-hybridized carbons (Fsp3) is 0.688. The summed E-state index contributed by atoms with van der Waals surface area (Å²) in [7, 11) is 2.19. The number of nitrogens with zero attached hydrogens (tertiary/aromatic N) is 3. The zero-order chi connectivity index (χ0) is 15.1. The van der Waals surface area contributed by atoms with E-state index in [2.05, 4.69) is 34.1 Å².